The molecular formula is C17H13ClN2O4S. The van der Waals surface area contributed by atoms with Gasteiger partial charge in [0.25, 0.3) is 5.56 Å². The number of hydrogen-bond acceptors (Lipinski definition) is 5. The lowest BCUT2D eigenvalue weighted by molar-refractivity contribution is 0.0701. The van der Waals surface area contributed by atoms with Crippen molar-refractivity contribution in [2.45, 2.75) is 6.92 Å². The number of carboxylic acids is 1. The van der Waals surface area contributed by atoms with Crippen molar-refractivity contribution in [3.8, 4) is 5.75 Å². The number of aromatic nitrogens is 2. The van der Waals surface area contributed by atoms with Gasteiger partial charge in [-0.3, -0.25) is 9.20 Å². The molecule has 0 amide bonds. The van der Waals surface area contributed by atoms with Crippen molar-refractivity contribution < 1.29 is 14.6 Å². The topological polar surface area (TPSA) is 80.9 Å². The number of carboxylic acid groups (broad SMARTS) is 1. The van der Waals surface area contributed by atoms with E-state index in [-0.39, 0.29) is 20.6 Å². The van der Waals surface area contributed by atoms with Crippen LogP contribution >= 0.6 is 22.9 Å². The second-order valence-corrected chi connectivity index (χ2v) is 6.40. The van der Waals surface area contributed by atoms with Crippen molar-refractivity contribution in [1.29, 1.82) is 0 Å². The minimum Gasteiger partial charge on any atom is -0.494 e. The number of carbonyl (C=O) groups is 1. The molecule has 0 aliphatic carbocycles. The monoisotopic (exact) mass is 376 g/mol. The summed E-state index contributed by atoms with van der Waals surface area (Å²) in [6.07, 6.45) is 4.61. The second kappa shape index (κ2) is 7.08. The second-order valence-electron chi connectivity index (χ2n) is 5.01. The number of halogens is 1. The normalized spacial score (nSPS) is 11.3. The van der Waals surface area contributed by atoms with Gasteiger partial charge < -0.3 is 9.84 Å². The summed E-state index contributed by atoms with van der Waals surface area (Å²) in [6.45, 7) is 2.47. The first-order chi connectivity index (χ1) is 12.0. The van der Waals surface area contributed by atoms with E-state index in [0.717, 1.165) is 27.1 Å². The minimum atomic E-state index is -1.11. The molecule has 25 heavy (non-hydrogen) atoms. The zero-order valence-electron chi connectivity index (χ0n) is 13.1. The molecule has 0 saturated carbocycles. The summed E-state index contributed by atoms with van der Waals surface area (Å²) in [7, 11) is 0. The van der Waals surface area contributed by atoms with Gasteiger partial charge in [0, 0.05) is 6.20 Å². The molecule has 0 fully saturated rings. The van der Waals surface area contributed by atoms with E-state index in [4.69, 9.17) is 21.4 Å². The fourth-order valence-electron chi connectivity index (χ4n) is 2.20. The first kappa shape index (κ1) is 17.2. The van der Waals surface area contributed by atoms with E-state index in [9.17, 15) is 9.59 Å². The van der Waals surface area contributed by atoms with Gasteiger partial charge in [0.1, 0.15) is 15.6 Å². The van der Waals surface area contributed by atoms with Gasteiger partial charge >= 0.3 is 5.97 Å². The fraction of sp³-hybridized carbons (Fsp3) is 0.118. The molecule has 1 aromatic carbocycles. The molecule has 1 N–H and O–H groups in total. The largest absolute Gasteiger partial charge is 0.494 e. The van der Waals surface area contributed by atoms with Crippen molar-refractivity contribution in [3.05, 3.63) is 62.0 Å². The van der Waals surface area contributed by atoms with Gasteiger partial charge in [0.2, 0.25) is 0 Å². The maximum Gasteiger partial charge on any atom is 0.347 e. The highest BCUT2D eigenvalue weighted by atomic mass is 35.5. The lowest BCUT2D eigenvalue weighted by atomic mass is 10.2. The van der Waals surface area contributed by atoms with E-state index in [1.54, 1.807) is 12.2 Å². The third-order valence-corrected chi connectivity index (χ3v) is 4.64. The molecule has 0 radical (unpaired) electrons. The van der Waals surface area contributed by atoms with Crippen molar-refractivity contribution in [2.75, 3.05) is 6.61 Å². The van der Waals surface area contributed by atoms with Crippen molar-refractivity contribution in [3.63, 3.8) is 0 Å². The highest BCUT2D eigenvalue weighted by molar-refractivity contribution is 7.18. The predicted octanol–water partition coefficient (Wildman–Crippen LogP) is 3.68. The molecule has 6 nitrogen and oxygen atoms in total. The Kier molecular flexibility index (Phi) is 4.87. The van der Waals surface area contributed by atoms with Crippen molar-refractivity contribution in [2.24, 2.45) is 0 Å². The average Bonchev–Trinajstić information content (AvgIpc) is 3.02. The maximum atomic E-state index is 12.3. The van der Waals surface area contributed by atoms with E-state index < -0.39 is 11.5 Å². The molecule has 0 spiro atoms. The number of fused-ring (bicyclic) bond motifs is 1. The molecule has 0 saturated heterocycles. The van der Waals surface area contributed by atoms with Gasteiger partial charge in [0.05, 0.1) is 12.3 Å². The molecule has 3 rings (SSSR count). The van der Waals surface area contributed by atoms with E-state index in [1.807, 2.05) is 31.2 Å². The van der Waals surface area contributed by atoms with Crippen molar-refractivity contribution >= 4 is 46.0 Å². The van der Waals surface area contributed by atoms with Crippen LogP contribution in [-0.4, -0.2) is 27.1 Å². The summed E-state index contributed by atoms with van der Waals surface area (Å²) >= 11 is 7.01. The lowest BCUT2D eigenvalue weighted by Gasteiger charge is -2.03. The molecule has 3 aromatic rings. The van der Waals surface area contributed by atoms with Gasteiger partial charge in [-0.2, -0.15) is 0 Å². The molecule has 0 atom stereocenters. The molecule has 0 aliphatic heterocycles. The lowest BCUT2D eigenvalue weighted by Crippen LogP contribution is -2.14. The van der Waals surface area contributed by atoms with Gasteiger partial charge in [-0.05, 0) is 30.7 Å². The van der Waals surface area contributed by atoms with Crippen LogP contribution in [0.15, 0.2) is 35.3 Å². The predicted molar refractivity (Wildman–Crippen MR) is 97.8 cm³/mol. The van der Waals surface area contributed by atoms with Crippen LogP contribution in [0, 0.1) is 0 Å². The first-order valence-corrected chi connectivity index (χ1v) is 8.55. The summed E-state index contributed by atoms with van der Waals surface area (Å²) in [5.41, 5.74) is 0.645. The number of rotatable bonds is 5. The summed E-state index contributed by atoms with van der Waals surface area (Å²) in [5.74, 6) is -0.376. The number of benzene rings is 1. The Morgan fingerprint density at radius 3 is 2.96 bits per heavy atom. The van der Waals surface area contributed by atoms with E-state index >= 15 is 0 Å². The summed E-state index contributed by atoms with van der Waals surface area (Å²) in [5, 5.41) is 8.98. The standard InChI is InChI=1S/C17H13ClN2O4S/c1-2-24-11-5-3-4-10(8-11)6-7-12-14(18)15(21)20-9-13(16(22)23)25-17(20)19-12/h3-9H,2H2,1H3,(H,22,23)/b7-6+. The zero-order chi connectivity index (χ0) is 18.0. The SMILES string of the molecule is CCOc1cccc(/C=C/c2nc3sc(C(=O)O)cn3c(=O)c2Cl)c1. The number of hydrogen-bond donors (Lipinski definition) is 1. The number of nitrogens with zero attached hydrogens (tertiary/aromatic N) is 2. The third-order valence-electron chi connectivity index (χ3n) is 3.31. The molecule has 0 unspecified atom stereocenters. The van der Waals surface area contributed by atoms with Crippen LogP contribution in [-0.2, 0) is 0 Å². The van der Waals surface area contributed by atoms with Gasteiger partial charge in [-0.25, -0.2) is 9.78 Å². The molecule has 0 aliphatic rings. The smallest absolute Gasteiger partial charge is 0.347 e. The number of thiazole rings is 1. The Balaban J connectivity index is 2.01. The molecule has 0 bridgehead atoms. The summed E-state index contributed by atoms with van der Waals surface area (Å²) < 4.78 is 6.58. The van der Waals surface area contributed by atoms with Crippen LogP contribution in [0.5, 0.6) is 5.75 Å². The van der Waals surface area contributed by atoms with E-state index in [1.165, 1.54) is 6.20 Å². The number of aromatic carboxylic acids is 1. The van der Waals surface area contributed by atoms with Gasteiger partial charge in [0.15, 0.2) is 4.96 Å². The van der Waals surface area contributed by atoms with Crippen molar-refractivity contribution in [1.82, 2.24) is 9.38 Å². The summed E-state index contributed by atoms with van der Waals surface area (Å²) in [6, 6.07) is 7.44. The van der Waals surface area contributed by atoms with Crippen LogP contribution in [0.3, 0.4) is 0 Å². The maximum absolute atomic E-state index is 12.3. The van der Waals surface area contributed by atoms with Crippen LogP contribution in [0.1, 0.15) is 27.9 Å². The van der Waals surface area contributed by atoms with Crippen LogP contribution in [0.25, 0.3) is 17.1 Å². The highest BCUT2D eigenvalue weighted by Crippen LogP contribution is 2.20. The van der Waals surface area contributed by atoms with E-state index in [0.29, 0.717) is 6.61 Å². The summed E-state index contributed by atoms with van der Waals surface area (Å²) in [4.78, 5) is 27.9. The molecule has 8 heteroatoms. The Hall–Kier alpha value is -2.64. The average molecular weight is 377 g/mol. The fourth-order valence-corrected chi connectivity index (χ4v) is 3.21. The first-order valence-electron chi connectivity index (χ1n) is 7.35. The molecule has 128 valence electrons. The number of ether oxygens (including phenoxy) is 1. The van der Waals surface area contributed by atoms with Gasteiger partial charge in [-0.1, -0.05) is 41.1 Å². The zero-order valence-corrected chi connectivity index (χ0v) is 14.7. The highest BCUT2D eigenvalue weighted by Gasteiger charge is 2.14. The van der Waals surface area contributed by atoms with Crippen LogP contribution in [0.4, 0.5) is 0 Å². The Morgan fingerprint density at radius 2 is 2.24 bits per heavy atom. The van der Waals surface area contributed by atoms with E-state index in [2.05, 4.69) is 4.98 Å². The van der Waals surface area contributed by atoms with Gasteiger partial charge in [-0.15, -0.1) is 0 Å². The third kappa shape index (κ3) is 3.57. The van der Waals surface area contributed by atoms with Crippen LogP contribution in [0.2, 0.25) is 5.02 Å². The molecular weight excluding hydrogens is 364 g/mol. The minimum absolute atomic E-state index is 0.0196. The Morgan fingerprint density at radius 1 is 1.44 bits per heavy atom. The Labute approximate surface area is 151 Å². The molecule has 2 heterocycles. The molecule has 2 aromatic heterocycles. The quantitative estimate of drug-likeness (QED) is 0.734. The Bertz CT molecular complexity index is 1040. The van der Waals surface area contributed by atoms with Crippen LogP contribution < -0.4 is 10.3 Å².